The summed E-state index contributed by atoms with van der Waals surface area (Å²) in [5, 5.41) is 15.1. The number of hydrogen-bond acceptors (Lipinski definition) is 7. The quantitative estimate of drug-likeness (QED) is 0.304. The van der Waals surface area contributed by atoms with Crippen molar-refractivity contribution in [3.63, 3.8) is 0 Å². The molecule has 1 N–H and O–H groups in total. The minimum atomic E-state index is -0.311. The van der Waals surface area contributed by atoms with Gasteiger partial charge in [-0.05, 0) is 60.7 Å². The number of hydrogen-bond donors (Lipinski definition) is 1. The molecule has 6 nitrogen and oxygen atoms in total. The maximum atomic E-state index is 13.1. The normalized spacial score (nSPS) is 10.5. The van der Waals surface area contributed by atoms with Gasteiger partial charge in [0.05, 0.1) is 24.1 Å². The summed E-state index contributed by atoms with van der Waals surface area (Å²) in [6, 6.07) is 19.3. The van der Waals surface area contributed by atoms with Crippen molar-refractivity contribution in [3.05, 3.63) is 77.4 Å². The highest BCUT2D eigenvalue weighted by molar-refractivity contribution is 7.99. The average molecular weight is 491 g/mol. The van der Waals surface area contributed by atoms with Gasteiger partial charge in [0.1, 0.15) is 22.7 Å². The summed E-state index contributed by atoms with van der Waals surface area (Å²) >= 11 is 2.67. The number of thioether (sulfide) groups is 1. The maximum absolute atomic E-state index is 13.1. The van der Waals surface area contributed by atoms with E-state index in [4.69, 9.17) is 4.74 Å². The molecule has 0 unspecified atom stereocenters. The number of carbonyl (C=O) groups is 1. The topological polar surface area (TPSA) is 87.9 Å². The van der Waals surface area contributed by atoms with Crippen molar-refractivity contribution in [1.82, 2.24) is 9.97 Å². The Bertz CT molecular complexity index is 1330. The van der Waals surface area contributed by atoms with Crippen molar-refractivity contribution in [1.29, 1.82) is 5.26 Å². The molecule has 0 saturated heterocycles. The first-order valence-electron chi connectivity index (χ1n) is 10.3. The fourth-order valence-electron chi connectivity index (χ4n) is 3.06. The third-order valence-electron chi connectivity index (χ3n) is 4.82. The molecule has 0 atom stereocenters. The van der Waals surface area contributed by atoms with Crippen molar-refractivity contribution in [2.24, 2.45) is 0 Å². The van der Waals surface area contributed by atoms with Gasteiger partial charge in [-0.3, -0.25) is 4.79 Å². The van der Waals surface area contributed by atoms with Gasteiger partial charge in [0, 0.05) is 28.7 Å². The molecule has 0 spiro atoms. The molecule has 0 aliphatic carbocycles. The number of ether oxygens (including phenoxy) is 1. The van der Waals surface area contributed by atoms with Crippen molar-refractivity contribution in [2.75, 3.05) is 18.2 Å². The fourth-order valence-corrected chi connectivity index (χ4v) is 4.71. The molecule has 1 amide bonds. The van der Waals surface area contributed by atoms with Gasteiger partial charge in [0.2, 0.25) is 5.91 Å². The van der Waals surface area contributed by atoms with Gasteiger partial charge < -0.3 is 10.1 Å². The van der Waals surface area contributed by atoms with Gasteiger partial charge >= 0.3 is 0 Å². The highest BCUT2D eigenvalue weighted by Crippen LogP contribution is 2.28. The summed E-state index contributed by atoms with van der Waals surface area (Å²) in [7, 11) is 1.61. The average Bonchev–Trinajstić information content (AvgIpc) is 3.32. The highest BCUT2D eigenvalue weighted by atomic mass is 32.2. The second-order valence-electron chi connectivity index (χ2n) is 7.08. The minimum absolute atomic E-state index is 0.183. The first-order chi connectivity index (χ1) is 16.6. The van der Waals surface area contributed by atoms with Gasteiger partial charge in [-0.15, -0.1) is 23.1 Å². The number of pyridine rings is 1. The maximum Gasteiger partial charge on any atom is 0.226 e. The Kier molecular flexibility index (Phi) is 7.52. The smallest absolute Gasteiger partial charge is 0.226 e. The number of rotatable bonds is 8. The van der Waals surface area contributed by atoms with Crippen molar-refractivity contribution in [2.45, 2.75) is 11.4 Å². The molecule has 170 valence electrons. The van der Waals surface area contributed by atoms with Crippen LogP contribution in [0, 0.1) is 17.1 Å². The Morgan fingerprint density at radius 1 is 1.06 bits per heavy atom. The second-order valence-corrected chi connectivity index (χ2v) is 9.02. The molecule has 0 aliphatic heterocycles. The van der Waals surface area contributed by atoms with Crippen LogP contribution in [-0.4, -0.2) is 28.7 Å². The summed E-state index contributed by atoms with van der Waals surface area (Å²) in [4.78, 5) is 21.4. The molecule has 9 heteroatoms. The molecule has 0 bridgehead atoms. The minimum Gasteiger partial charge on any atom is -0.497 e. The number of nitriles is 1. The van der Waals surface area contributed by atoms with Crippen LogP contribution in [0.15, 0.2) is 71.1 Å². The third-order valence-corrected chi connectivity index (χ3v) is 6.58. The van der Waals surface area contributed by atoms with E-state index in [1.807, 2.05) is 29.6 Å². The van der Waals surface area contributed by atoms with Crippen LogP contribution in [0.5, 0.6) is 5.75 Å². The van der Waals surface area contributed by atoms with Crippen molar-refractivity contribution < 1.29 is 13.9 Å². The lowest BCUT2D eigenvalue weighted by molar-refractivity contribution is -0.115. The molecule has 4 rings (SSSR count). The number of nitrogens with one attached hydrogen (secondary N) is 1. The summed E-state index contributed by atoms with van der Waals surface area (Å²) in [6.07, 6.45) is 0.232. The number of anilines is 1. The van der Waals surface area contributed by atoms with E-state index in [0.717, 1.165) is 22.6 Å². The van der Waals surface area contributed by atoms with E-state index < -0.39 is 0 Å². The molecule has 2 aromatic heterocycles. The standard InChI is InChI=1S/C25H19FN4O2S2/c1-32-20-9-4-16(5-10-20)21-11-6-18(14-27)24(28-21)33-13-12-23(31)30-25-29-22(15-34-25)17-2-7-19(26)8-3-17/h2-11,15H,12-13H2,1H3,(H,29,30,31). The Balaban J connectivity index is 1.35. The summed E-state index contributed by atoms with van der Waals surface area (Å²) in [6.45, 7) is 0. The van der Waals surface area contributed by atoms with Gasteiger partial charge in [-0.1, -0.05) is 0 Å². The van der Waals surface area contributed by atoms with Crippen LogP contribution >= 0.6 is 23.1 Å². The number of benzene rings is 2. The van der Waals surface area contributed by atoms with Crippen LogP contribution in [0.1, 0.15) is 12.0 Å². The molecule has 2 aromatic carbocycles. The van der Waals surface area contributed by atoms with E-state index in [9.17, 15) is 14.4 Å². The number of methoxy groups -OCH3 is 1. The number of amides is 1. The molecule has 0 fully saturated rings. The van der Waals surface area contributed by atoms with Crippen LogP contribution < -0.4 is 10.1 Å². The molecule has 0 aliphatic rings. The van der Waals surface area contributed by atoms with Gasteiger partial charge in [-0.25, -0.2) is 14.4 Å². The van der Waals surface area contributed by atoms with E-state index in [-0.39, 0.29) is 18.1 Å². The predicted octanol–water partition coefficient (Wildman–Crippen LogP) is 6.01. The van der Waals surface area contributed by atoms with E-state index in [2.05, 4.69) is 21.4 Å². The zero-order valence-corrected chi connectivity index (χ0v) is 19.8. The largest absolute Gasteiger partial charge is 0.497 e. The number of thiazole rings is 1. The van der Waals surface area contributed by atoms with Crippen LogP contribution in [-0.2, 0) is 4.79 Å². The highest BCUT2D eigenvalue weighted by Gasteiger charge is 2.12. The van der Waals surface area contributed by atoms with E-state index in [0.29, 0.717) is 27.2 Å². The Hall–Kier alpha value is -3.74. The fraction of sp³-hybridized carbons (Fsp3) is 0.120. The van der Waals surface area contributed by atoms with Gasteiger partial charge in [0.25, 0.3) is 0 Å². The number of aromatic nitrogens is 2. The Labute approximate surface area is 204 Å². The van der Waals surface area contributed by atoms with Crippen LogP contribution in [0.4, 0.5) is 9.52 Å². The van der Waals surface area contributed by atoms with Gasteiger partial charge in [0.15, 0.2) is 5.13 Å². The van der Waals surface area contributed by atoms with E-state index >= 15 is 0 Å². The zero-order valence-electron chi connectivity index (χ0n) is 18.1. The molecule has 34 heavy (non-hydrogen) atoms. The number of carbonyl (C=O) groups excluding carboxylic acids is 1. The second kappa shape index (κ2) is 10.9. The summed E-state index contributed by atoms with van der Waals surface area (Å²) in [5.74, 6) is 0.712. The van der Waals surface area contributed by atoms with Crippen LogP contribution in [0.2, 0.25) is 0 Å². The molecule has 4 aromatic rings. The van der Waals surface area contributed by atoms with E-state index in [1.54, 1.807) is 31.4 Å². The molecular weight excluding hydrogens is 471 g/mol. The Morgan fingerprint density at radius 3 is 2.47 bits per heavy atom. The third kappa shape index (κ3) is 5.78. The first kappa shape index (κ1) is 23.4. The first-order valence-corrected chi connectivity index (χ1v) is 12.1. The number of nitrogens with zero attached hydrogens (tertiary/aromatic N) is 3. The monoisotopic (exact) mass is 490 g/mol. The molecule has 2 heterocycles. The van der Waals surface area contributed by atoms with Crippen molar-refractivity contribution >= 4 is 34.1 Å². The van der Waals surface area contributed by atoms with Crippen molar-refractivity contribution in [3.8, 4) is 34.3 Å². The van der Waals surface area contributed by atoms with Gasteiger partial charge in [-0.2, -0.15) is 5.26 Å². The Morgan fingerprint density at radius 2 is 1.76 bits per heavy atom. The number of halogens is 1. The van der Waals surface area contributed by atoms with Crippen LogP contribution in [0.3, 0.4) is 0 Å². The summed E-state index contributed by atoms with van der Waals surface area (Å²) in [5.41, 5.74) is 3.57. The lowest BCUT2D eigenvalue weighted by Crippen LogP contribution is -2.12. The lowest BCUT2D eigenvalue weighted by atomic mass is 10.1. The van der Waals surface area contributed by atoms with Crippen LogP contribution in [0.25, 0.3) is 22.5 Å². The molecular formula is C25H19FN4O2S2. The zero-order chi connectivity index (χ0) is 23.9. The molecule has 0 radical (unpaired) electrons. The predicted molar refractivity (Wildman–Crippen MR) is 132 cm³/mol. The molecule has 0 saturated carbocycles. The summed E-state index contributed by atoms with van der Waals surface area (Å²) < 4.78 is 18.3. The SMILES string of the molecule is COc1ccc(-c2ccc(C#N)c(SCCC(=O)Nc3nc(-c4ccc(F)cc4)cs3)n2)cc1. The lowest BCUT2D eigenvalue weighted by Gasteiger charge is -2.07. The van der Waals surface area contributed by atoms with E-state index in [1.165, 1.54) is 35.2 Å².